The van der Waals surface area contributed by atoms with Gasteiger partial charge < -0.3 is 10.1 Å². The second-order valence-corrected chi connectivity index (χ2v) is 9.66. The molecule has 1 aliphatic carbocycles. The summed E-state index contributed by atoms with van der Waals surface area (Å²) in [6.07, 6.45) is 12.0. The monoisotopic (exact) mass is 421 g/mol. The van der Waals surface area contributed by atoms with E-state index in [4.69, 9.17) is 4.74 Å². The van der Waals surface area contributed by atoms with Crippen molar-refractivity contribution in [3.63, 3.8) is 0 Å². The van der Waals surface area contributed by atoms with Gasteiger partial charge in [0.1, 0.15) is 11.9 Å². The van der Waals surface area contributed by atoms with E-state index in [-0.39, 0.29) is 23.3 Å². The highest BCUT2D eigenvalue weighted by Crippen LogP contribution is 2.52. The summed E-state index contributed by atoms with van der Waals surface area (Å²) in [5.74, 6) is -0.907. The summed E-state index contributed by atoms with van der Waals surface area (Å²) in [5, 5.41) is 3.61. The van der Waals surface area contributed by atoms with Gasteiger partial charge in [-0.05, 0) is 63.3 Å². The molecule has 2 aromatic rings. The molecule has 0 aromatic heterocycles. The summed E-state index contributed by atoms with van der Waals surface area (Å²) in [6.45, 7) is 6.41. The molecule has 2 nitrogen and oxygen atoms in total. The highest BCUT2D eigenvalue weighted by atomic mass is 19.1. The Morgan fingerprint density at radius 1 is 1.06 bits per heavy atom. The Morgan fingerprint density at radius 3 is 2.74 bits per heavy atom. The molecule has 2 unspecified atom stereocenters. The summed E-state index contributed by atoms with van der Waals surface area (Å²) in [4.78, 5) is 0. The van der Waals surface area contributed by atoms with Gasteiger partial charge in [0.2, 0.25) is 0 Å². The maximum absolute atomic E-state index is 14.8. The number of nitrogens with one attached hydrogen (secondary N) is 1. The standard InChI is InChI=1S/C27H29F2NO/c1-16-15-27(2,3)30-22-12-11-19-20-13-18(28)14-21(29)26(20)31-25(24(19)23(16)22)17-9-7-5-4-6-8-10-17/h7,9,11-15,17,25,30H,4-6,8,10H2,1-3H3/b9-7-. The highest BCUT2D eigenvalue weighted by molar-refractivity contribution is 5.89. The number of hydrogen-bond donors (Lipinski definition) is 1. The van der Waals surface area contributed by atoms with Gasteiger partial charge in [-0.15, -0.1) is 0 Å². The van der Waals surface area contributed by atoms with Crippen LogP contribution in [0.3, 0.4) is 0 Å². The molecule has 2 aliphatic heterocycles. The van der Waals surface area contributed by atoms with Crippen LogP contribution < -0.4 is 10.1 Å². The molecule has 0 bridgehead atoms. The van der Waals surface area contributed by atoms with E-state index >= 15 is 0 Å². The molecule has 0 saturated carbocycles. The first-order valence-corrected chi connectivity index (χ1v) is 11.3. The third-order valence-electron chi connectivity index (χ3n) is 6.68. The smallest absolute Gasteiger partial charge is 0.168 e. The van der Waals surface area contributed by atoms with Gasteiger partial charge in [0.25, 0.3) is 0 Å². The number of allylic oxidation sites excluding steroid dienone is 2. The zero-order valence-corrected chi connectivity index (χ0v) is 18.4. The lowest BCUT2D eigenvalue weighted by Crippen LogP contribution is -2.33. The van der Waals surface area contributed by atoms with Gasteiger partial charge >= 0.3 is 0 Å². The van der Waals surface area contributed by atoms with Gasteiger partial charge in [-0.1, -0.05) is 37.1 Å². The predicted molar refractivity (Wildman–Crippen MR) is 122 cm³/mol. The summed E-state index contributed by atoms with van der Waals surface area (Å²) < 4.78 is 35.4. The summed E-state index contributed by atoms with van der Waals surface area (Å²) in [6, 6.07) is 6.35. The molecule has 2 atom stereocenters. The van der Waals surface area contributed by atoms with Crippen molar-refractivity contribution in [2.75, 3.05) is 5.32 Å². The maximum Gasteiger partial charge on any atom is 0.168 e. The van der Waals surface area contributed by atoms with E-state index in [0.717, 1.165) is 47.7 Å². The van der Waals surface area contributed by atoms with E-state index < -0.39 is 11.6 Å². The van der Waals surface area contributed by atoms with E-state index in [0.29, 0.717) is 5.56 Å². The topological polar surface area (TPSA) is 21.3 Å². The van der Waals surface area contributed by atoms with Crippen molar-refractivity contribution < 1.29 is 13.5 Å². The van der Waals surface area contributed by atoms with E-state index in [1.165, 1.54) is 24.5 Å². The Morgan fingerprint density at radius 2 is 1.90 bits per heavy atom. The Kier molecular flexibility index (Phi) is 4.91. The Labute approximate surface area is 183 Å². The molecule has 162 valence electrons. The van der Waals surface area contributed by atoms with Crippen molar-refractivity contribution in [2.24, 2.45) is 5.92 Å². The average molecular weight is 422 g/mol. The van der Waals surface area contributed by atoms with Gasteiger partial charge in [-0.25, -0.2) is 8.78 Å². The number of hydrogen-bond acceptors (Lipinski definition) is 2. The van der Waals surface area contributed by atoms with Crippen LogP contribution in [-0.2, 0) is 0 Å². The van der Waals surface area contributed by atoms with Crippen LogP contribution in [-0.4, -0.2) is 5.54 Å². The molecular weight excluding hydrogens is 392 g/mol. The van der Waals surface area contributed by atoms with E-state index in [2.05, 4.69) is 44.3 Å². The van der Waals surface area contributed by atoms with Crippen molar-refractivity contribution in [2.45, 2.75) is 64.5 Å². The van der Waals surface area contributed by atoms with Gasteiger partial charge in [-0.3, -0.25) is 0 Å². The van der Waals surface area contributed by atoms with Crippen molar-refractivity contribution in [3.05, 3.63) is 65.3 Å². The lowest BCUT2D eigenvalue weighted by molar-refractivity contribution is 0.140. The van der Waals surface area contributed by atoms with Crippen LogP contribution in [0.15, 0.2) is 42.5 Å². The highest BCUT2D eigenvalue weighted by Gasteiger charge is 2.38. The second kappa shape index (κ2) is 7.51. The predicted octanol–water partition coefficient (Wildman–Crippen LogP) is 7.81. The van der Waals surface area contributed by atoms with Crippen LogP contribution in [0.4, 0.5) is 14.5 Å². The third kappa shape index (κ3) is 3.56. The zero-order valence-electron chi connectivity index (χ0n) is 18.4. The zero-order chi connectivity index (χ0) is 21.8. The lowest BCUT2D eigenvalue weighted by Gasteiger charge is -2.39. The van der Waals surface area contributed by atoms with E-state index in [1.807, 2.05) is 12.1 Å². The fraction of sp³-hybridized carbons (Fsp3) is 0.407. The first-order valence-electron chi connectivity index (χ1n) is 11.3. The van der Waals surface area contributed by atoms with Crippen molar-refractivity contribution >= 4 is 11.3 Å². The van der Waals surface area contributed by atoms with Crippen LogP contribution in [0.25, 0.3) is 16.7 Å². The average Bonchev–Trinajstić information content (AvgIpc) is 2.66. The molecule has 0 fully saturated rings. The largest absolute Gasteiger partial charge is 0.481 e. The number of benzene rings is 2. The van der Waals surface area contributed by atoms with Gasteiger partial charge in [0.15, 0.2) is 11.6 Å². The van der Waals surface area contributed by atoms with Crippen molar-refractivity contribution in [1.29, 1.82) is 0 Å². The molecule has 31 heavy (non-hydrogen) atoms. The first-order chi connectivity index (χ1) is 14.8. The quantitative estimate of drug-likeness (QED) is 0.474. The number of ether oxygens (including phenoxy) is 1. The van der Waals surface area contributed by atoms with Crippen LogP contribution in [0.2, 0.25) is 0 Å². The molecule has 5 rings (SSSR count). The molecule has 2 heterocycles. The molecule has 1 N–H and O–H groups in total. The minimum Gasteiger partial charge on any atom is -0.481 e. The maximum atomic E-state index is 14.8. The van der Waals surface area contributed by atoms with Crippen molar-refractivity contribution in [3.8, 4) is 16.9 Å². The van der Waals surface area contributed by atoms with Crippen molar-refractivity contribution in [1.82, 2.24) is 0 Å². The lowest BCUT2D eigenvalue weighted by atomic mass is 9.77. The van der Waals surface area contributed by atoms with E-state index in [9.17, 15) is 8.78 Å². The molecule has 0 radical (unpaired) electrons. The minimum atomic E-state index is -0.635. The van der Waals surface area contributed by atoms with Crippen LogP contribution in [0.1, 0.15) is 70.1 Å². The summed E-state index contributed by atoms with van der Waals surface area (Å²) >= 11 is 0. The number of rotatable bonds is 1. The molecule has 0 saturated heterocycles. The first kappa shape index (κ1) is 20.3. The summed E-state index contributed by atoms with van der Waals surface area (Å²) in [5.41, 5.74) is 5.57. The third-order valence-corrected chi connectivity index (χ3v) is 6.68. The Hall–Kier alpha value is -2.62. The normalized spacial score (nSPS) is 24.9. The van der Waals surface area contributed by atoms with Gasteiger partial charge in [0, 0.05) is 34.4 Å². The number of halogens is 2. The second-order valence-electron chi connectivity index (χ2n) is 9.66. The molecule has 0 spiro atoms. The van der Waals surface area contributed by atoms with Crippen LogP contribution in [0.5, 0.6) is 5.75 Å². The van der Waals surface area contributed by atoms with Gasteiger partial charge in [-0.2, -0.15) is 0 Å². The van der Waals surface area contributed by atoms with Crippen LogP contribution in [0, 0.1) is 17.6 Å². The Balaban J connectivity index is 1.75. The fourth-order valence-electron chi connectivity index (χ4n) is 5.48. The molecular formula is C27H29F2NO. The SMILES string of the molecule is CC1=CC(C)(C)Nc2ccc3c(c21)C(C1/C=C\CCCCC1)Oc1c(F)cc(F)cc1-3. The Bertz CT molecular complexity index is 1100. The molecule has 2 aromatic carbocycles. The van der Waals surface area contributed by atoms with E-state index in [1.54, 1.807) is 0 Å². The summed E-state index contributed by atoms with van der Waals surface area (Å²) in [7, 11) is 0. The number of anilines is 1. The fourth-order valence-corrected chi connectivity index (χ4v) is 5.48. The minimum absolute atomic E-state index is 0.144. The number of fused-ring (bicyclic) bond motifs is 5. The molecule has 4 heteroatoms. The molecule has 0 amide bonds. The molecule has 3 aliphatic rings. The van der Waals surface area contributed by atoms with Crippen LogP contribution >= 0.6 is 0 Å². The van der Waals surface area contributed by atoms with Gasteiger partial charge in [0.05, 0.1) is 5.54 Å².